The molecular formula is C26H29N3O5. The van der Waals surface area contributed by atoms with Crippen molar-refractivity contribution in [3.05, 3.63) is 71.6 Å². The number of anilines is 1. The lowest BCUT2D eigenvalue weighted by atomic mass is 9.89. The summed E-state index contributed by atoms with van der Waals surface area (Å²) in [5.74, 6) is 1.86. The zero-order valence-electron chi connectivity index (χ0n) is 19.2. The molecule has 0 spiro atoms. The van der Waals surface area contributed by atoms with E-state index in [0.717, 1.165) is 0 Å². The molecule has 1 aliphatic rings. The van der Waals surface area contributed by atoms with Crippen molar-refractivity contribution in [3.8, 4) is 11.5 Å². The summed E-state index contributed by atoms with van der Waals surface area (Å²) in [5, 5.41) is 9.65. The van der Waals surface area contributed by atoms with Crippen molar-refractivity contribution in [1.82, 2.24) is 10.5 Å². The van der Waals surface area contributed by atoms with Crippen molar-refractivity contribution in [3.63, 3.8) is 0 Å². The van der Waals surface area contributed by atoms with Crippen molar-refractivity contribution in [2.24, 2.45) is 5.92 Å². The van der Waals surface area contributed by atoms with E-state index >= 15 is 0 Å². The minimum atomic E-state index is -0.225. The molecule has 1 aromatic heterocycles. The van der Waals surface area contributed by atoms with Gasteiger partial charge in [0.05, 0.1) is 7.11 Å². The van der Waals surface area contributed by atoms with Crippen LogP contribution in [0.3, 0.4) is 0 Å². The molecule has 0 saturated heterocycles. The van der Waals surface area contributed by atoms with Crippen LogP contribution in [0.5, 0.6) is 11.5 Å². The Morgan fingerprint density at radius 2 is 1.68 bits per heavy atom. The zero-order valence-corrected chi connectivity index (χ0v) is 19.2. The number of methoxy groups -OCH3 is 1. The van der Waals surface area contributed by atoms with Crippen molar-refractivity contribution in [2.45, 2.75) is 38.7 Å². The molecule has 0 unspecified atom stereocenters. The van der Waals surface area contributed by atoms with Crippen LogP contribution in [0.4, 0.5) is 5.69 Å². The van der Waals surface area contributed by atoms with Gasteiger partial charge in [0.25, 0.3) is 11.8 Å². The van der Waals surface area contributed by atoms with E-state index in [-0.39, 0.29) is 24.1 Å². The summed E-state index contributed by atoms with van der Waals surface area (Å²) in [6.07, 6.45) is 6.10. The highest BCUT2D eigenvalue weighted by molar-refractivity contribution is 6.04. The van der Waals surface area contributed by atoms with Crippen LogP contribution < -0.4 is 20.1 Å². The molecule has 2 N–H and O–H groups in total. The molecule has 4 rings (SSSR count). The van der Waals surface area contributed by atoms with Crippen LogP contribution in [-0.4, -0.2) is 30.6 Å². The molecule has 1 aliphatic carbocycles. The zero-order chi connectivity index (χ0) is 23.8. The molecular weight excluding hydrogens is 434 g/mol. The summed E-state index contributed by atoms with van der Waals surface area (Å²) in [7, 11) is 1.58. The van der Waals surface area contributed by atoms with Gasteiger partial charge in [-0.15, -0.1) is 0 Å². The minimum absolute atomic E-state index is 0.139. The van der Waals surface area contributed by atoms with E-state index in [2.05, 4.69) is 15.8 Å². The fourth-order valence-corrected chi connectivity index (χ4v) is 3.94. The number of rotatable bonds is 9. The maximum Gasteiger partial charge on any atom is 0.273 e. The standard InChI is InChI=1S/C26H29N3O5/c1-32-21-11-7-19(8-12-21)25(30)28-20-9-13-22(14-10-20)33-17-23-15-24(29-34-23)26(31)27-16-18-5-3-2-4-6-18/h7-15,18H,2-6,16-17H2,1H3,(H,27,31)(H,28,30). The molecule has 1 saturated carbocycles. The molecule has 0 atom stereocenters. The Kier molecular flexibility index (Phi) is 7.80. The van der Waals surface area contributed by atoms with Crippen molar-refractivity contribution < 1.29 is 23.6 Å². The molecule has 2 amide bonds. The number of hydrogen-bond acceptors (Lipinski definition) is 6. The molecule has 0 bridgehead atoms. The second kappa shape index (κ2) is 11.4. The lowest BCUT2D eigenvalue weighted by molar-refractivity contribution is 0.0933. The maximum atomic E-state index is 12.4. The first-order valence-corrected chi connectivity index (χ1v) is 11.5. The first-order valence-electron chi connectivity index (χ1n) is 11.5. The molecule has 8 heteroatoms. The number of amides is 2. The first-order chi connectivity index (χ1) is 16.6. The Balaban J connectivity index is 1.23. The number of aromatic nitrogens is 1. The Hall–Kier alpha value is -3.81. The summed E-state index contributed by atoms with van der Waals surface area (Å²) < 4.78 is 16.1. The Morgan fingerprint density at radius 3 is 2.38 bits per heavy atom. The molecule has 0 radical (unpaired) electrons. The second-order valence-electron chi connectivity index (χ2n) is 8.39. The fraction of sp³-hybridized carbons (Fsp3) is 0.346. The van der Waals surface area contributed by atoms with E-state index in [9.17, 15) is 9.59 Å². The van der Waals surface area contributed by atoms with E-state index in [0.29, 0.717) is 41.0 Å². The number of hydrogen-bond donors (Lipinski definition) is 2. The molecule has 3 aromatic rings. The van der Waals surface area contributed by atoms with Crippen molar-refractivity contribution in [2.75, 3.05) is 19.0 Å². The van der Waals surface area contributed by atoms with Crippen LogP contribution in [0.1, 0.15) is 58.7 Å². The summed E-state index contributed by atoms with van der Waals surface area (Å²) in [6, 6.07) is 15.5. The van der Waals surface area contributed by atoms with Gasteiger partial charge in [-0.25, -0.2) is 0 Å². The number of nitrogens with zero attached hydrogens (tertiary/aromatic N) is 1. The minimum Gasteiger partial charge on any atom is -0.497 e. The van der Waals surface area contributed by atoms with Crippen LogP contribution in [0, 0.1) is 5.92 Å². The van der Waals surface area contributed by atoms with E-state index in [1.165, 1.54) is 32.1 Å². The van der Waals surface area contributed by atoms with Gasteiger partial charge in [0.2, 0.25) is 0 Å². The molecule has 1 heterocycles. The van der Waals surface area contributed by atoms with E-state index in [4.69, 9.17) is 14.0 Å². The third kappa shape index (κ3) is 6.37. The number of benzene rings is 2. The number of nitrogens with one attached hydrogen (secondary N) is 2. The van der Waals surface area contributed by atoms with Gasteiger partial charge in [-0.2, -0.15) is 0 Å². The van der Waals surface area contributed by atoms with E-state index in [1.807, 2.05) is 0 Å². The summed E-state index contributed by atoms with van der Waals surface area (Å²) in [4.78, 5) is 24.7. The van der Waals surface area contributed by atoms with Gasteiger partial charge < -0.3 is 24.6 Å². The smallest absolute Gasteiger partial charge is 0.273 e. The molecule has 34 heavy (non-hydrogen) atoms. The van der Waals surface area contributed by atoms with E-state index in [1.54, 1.807) is 61.7 Å². The van der Waals surface area contributed by atoms with Gasteiger partial charge in [-0.1, -0.05) is 24.4 Å². The van der Waals surface area contributed by atoms with Gasteiger partial charge in [0, 0.05) is 23.9 Å². The third-order valence-corrected chi connectivity index (χ3v) is 5.91. The molecule has 2 aromatic carbocycles. The monoisotopic (exact) mass is 463 g/mol. The van der Waals surface area contributed by atoms with Crippen LogP contribution >= 0.6 is 0 Å². The summed E-state index contributed by atoms with van der Waals surface area (Å²) in [5.41, 5.74) is 1.43. The largest absolute Gasteiger partial charge is 0.497 e. The molecule has 178 valence electrons. The van der Waals surface area contributed by atoms with Crippen LogP contribution in [0.15, 0.2) is 59.1 Å². The van der Waals surface area contributed by atoms with Crippen molar-refractivity contribution in [1.29, 1.82) is 0 Å². The number of ether oxygens (including phenoxy) is 2. The molecule has 1 fully saturated rings. The summed E-state index contributed by atoms with van der Waals surface area (Å²) >= 11 is 0. The molecule has 0 aliphatic heterocycles. The third-order valence-electron chi connectivity index (χ3n) is 5.91. The lowest BCUT2D eigenvalue weighted by Crippen LogP contribution is -2.30. The van der Waals surface area contributed by atoms with Crippen LogP contribution in [0.25, 0.3) is 0 Å². The van der Waals surface area contributed by atoms with Gasteiger partial charge in [0.15, 0.2) is 11.5 Å². The topological polar surface area (TPSA) is 103 Å². The van der Waals surface area contributed by atoms with Crippen LogP contribution in [-0.2, 0) is 6.61 Å². The highest BCUT2D eigenvalue weighted by atomic mass is 16.5. The van der Waals surface area contributed by atoms with E-state index < -0.39 is 0 Å². The fourth-order valence-electron chi connectivity index (χ4n) is 3.94. The quantitative estimate of drug-likeness (QED) is 0.471. The average molecular weight is 464 g/mol. The highest BCUT2D eigenvalue weighted by Gasteiger charge is 2.17. The van der Waals surface area contributed by atoms with Gasteiger partial charge in [-0.05, 0) is 67.3 Å². The number of carbonyl (C=O) groups is 2. The normalized spacial score (nSPS) is 13.8. The van der Waals surface area contributed by atoms with Gasteiger partial charge in [0.1, 0.15) is 18.1 Å². The highest BCUT2D eigenvalue weighted by Crippen LogP contribution is 2.23. The van der Waals surface area contributed by atoms with Gasteiger partial charge in [-0.3, -0.25) is 9.59 Å². The van der Waals surface area contributed by atoms with Gasteiger partial charge >= 0.3 is 0 Å². The average Bonchev–Trinajstić information content (AvgIpc) is 3.37. The SMILES string of the molecule is COc1ccc(C(=O)Nc2ccc(OCc3cc(C(=O)NCC4CCCCC4)no3)cc2)cc1. The predicted octanol–water partition coefficient (Wildman–Crippen LogP) is 4.82. The maximum absolute atomic E-state index is 12.4. The number of carbonyl (C=O) groups excluding carboxylic acids is 2. The van der Waals surface area contributed by atoms with Crippen LogP contribution in [0.2, 0.25) is 0 Å². The predicted molar refractivity (Wildman–Crippen MR) is 127 cm³/mol. The Bertz CT molecular complexity index is 1090. The summed E-state index contributed by atoms with van der Waals surface area (Å²) in [6.45, 7) is 0.819. The lowest BCUT2D eigenvalue weighted by Gasteiger charge is -2.21. The molecule has 8 nitrogen and oxygen atoms in total. The Morgan fingerprint density at radius 1 is 0.971 bits per heavy atom. The second-order valence-corrected chi connectivity index (χ2v) is 8.39. The van der Waals surface area contributed by atoms with Crippen molar-refractivity contribution >= 4 is 17.5 Å². The first kappa shape index (κ1) is 23.4. The Labute approximate surface area is 198 Å².